The Labute approximate surface area is 662 Å². The number of amides is 5. The highest BCUT2D eigenvalue weighted by atomic mass is 32.1. The van der Waals surface area contributed by atoms with Crippen molar-refractivity contribution in [1.82, 2.24) is 81.4 Å². The van der Waals surface area contributed by atoms with E-state index < -0.39 is 0 Å². The lowest BCUT2D eigenvalue weighted by molar-refractivity contribution is 0.0938. The molecule has 0 unspecified atom stereocenters. The van der Waals surface area contributed by atoms with Gasteiger partial charge in [-0.15, -0.1) is 56.7 Å². The molecule has 0 saturated heterocycles. The van der Waals surface area contributed by atoms with E-state index in [-0.39, 0.29) is 29.5 Å². The topological polar surface area (TPSA) is 287 Å². The van der Waals surface area contributed by atoms with Crippen molar-refractivity contribution in [1.29, 1.82) is 0 Å². The SMILES string of the molecule is Cc1ccc(CNC(=O)c2csc(Cc3ccncn3)n2)cc1.O=C(NCc1ccccc1)c1csc(Cc2ccccc2)n1.O=C(NCc1ccccc1)c1csc(Cc2ccccn2)n1.O=C(NCc1ccccc1)c1csc(Cc2ccncc2)n1.O=C(NCc1ccccc1)c1csc(Cc2ccncn2)n1. The number of carbonyl (C=O) groups is 5. The van der Waals surface area contributed by atoms with Crippen LogP contribution < -0.4 is 26.6 Å². The summed E-state index contributed by atoms with van der Waals surface area (Å²) < 4.78 is 0. The highest BCUT2D eigenvalue weighted by molar-refractivity contribution is 7.11. The zero-order valence-corrected chi connectivity index (χ0v) is 64.4. The normalized spacial score (nSPS) is 10.4. The third-order valence-electron chi connectivity index (χ3n) is 16.0. The van der Waals surface area contributed by atoms with Gasteiger partial charge in [-0.05, 0) is 82.3 Å². The average molecular weight is 1560 g/mol. The number of nitrogens with zero attached hydrogens (tertiary/aromatic N) is 11. The Kier molecular flexibility index (Phi) is 31.0. The molecule has 0 aliphatic heterocycles. The van der Waals surface area contributed by atoms with E-state index in [1.54, 1.807) is 52.5 Å². The molecule has 0 fully saturated rings. The van der Waals surface area contributed by atoms with Crippen LogP contribution in [0.15, 0.2) is 289 Å². The smallest absolute Gasteiger partial charge is 0.271 e. The molecule has 6 aromatic carbocycles. The molecular weight excluding hydrogens is 1490 g/mol. The molecule has 9 heterocycles. The molecule has 0 radical (unpaired) electrons. The van der Waals surface area contributed by atoms with Crippen molar-refractivity contribution < 1.29 is 24.0 Å². The first-order valence-electron chi connectivity index (χ1n) is 35.1. The van der Waals surface area contributed by atoms with E-state index in [0.717, 1.165) is 88.3 Å². The second kappa shape index (κ2) is 43.3. The molecule has 556 valence electrons. The molecular formula is C85H76N16O5S5. The van der Waals surface area contributed by atoms with Gasteiger partial charge in [-0.1, -0.05) is 188 Å². The second-order valence-electron chi connectivity index (χ2n) is 24.4. The lowest BCUT2D eigenvalue weighted by Gasteiger charge is -2.03. The van der Waals surface area contributed by atoms with Gasteiger partial charge in [-0.3, -0.25) is 33.9 Å². The molecule has 111 heavy (non-hydrogen) atoms. The van der Waals surface area contributed by atoms with Gasteiger partial charge >= 0.3 is 0 Å². The van der Waals surface area contributed by atoms with Crippen molar-refractivity contribution in [3.63, 3.8) is 0 Å². The molecule has 15 aromatic rings. The highest BCUT2D eigenvalue weighted by Gasteiger charge is 2.17. The summed E-state index contributed by atoms with van der Waals surface area (Å²) in [6, 6.07) is 70.9. The lowest BCUT2D eigenvalue weighted by atomic mass is 10.1. The molecule has 26 heteroatoms. The number of hydrogen-bond acceptors (Lipinski definition) is 21. The van der Waals surface area contributed by atoms with Gasteiger partial charge in [0.25, 0.3) is 29.5 Å². The third-order valence-corrected chi connectivity index (χ3v) is 20.2. The van der Waals surface area contributed by atoms with Crippen molar-refractivity contribution >= 4 is 86.2 Å². The fourth-order valence-electron chi connectivity index (χ4n) is 10.2. The van der Waals surface area contributed by atoms with Crippen LogP contribution >= 0.6 is 56.7 Å². The van der Waals surface area contributed by atoms with Crippen molar-refractivity contribution in [2.24, 2.45) is 0 Å². The quantitative estimate of drug-likeness (QED) is 0.0355. The Hall–Kier alpha value is -12.7. The predicted octanol–water partition coefficient (Wildman–Crippen LogP) is 15.0. The summed E-state index contributed by atoms with van der Waals surface area (Å²) in [4.78, 5) is 107. The summed E-state index contributed by atoms with van der Waals surface area (Å²) in [5.74, 6) is -0.724. The van der Waals surface area contributed by atoms with Crippen LogP contribution in [0.4, 0.5) is 0 Å². The van der Waals surface area contributed by atoms with E-state index in [0.29, 0.717) is 80.5 Å². The van der Waals surface area contributed by atoms with E-state index in [2.05, 4.69) is 93.5 Å². The molecule has 0 saturated carbocycles. The van der Waals surface area contributed by atoms with Crippen LogP contribution in [0, 0.1) is 6.92 Å². The maximum absolute atomic E-state index is 12.2. The number of pyridine rings is 2. The van der Waals surface area contributed by atoms with Crippen molar-refractivity contribution in [3.8, 4) is 0 Å². The predicted molar refractivity (Wildman–Crippen MR) is 436 cm³/mol. The van der Waals surface area contributed by atoms with Crippen LogP contribution in [0.1, 0.15) is 139 Å². The van der Waals surface area contributed by atoms with Crippen LogP contribution in [0.2, 0.25) is 0 Å². The maximum Gasteiger partial charge on any atom is 0.271 e. The molecule has 21 nitrogen and oxygen atoms in total. The van der Waals surface area contributed by atoms with Gasteiger partial charge in [0, 0.05) is 128 Å². The first kappa shape index (κ1) is 79.3. The monoisotopic (exact) mass is 1560 g/mol. The number of nitrogens with one attached hydrogen (secondary N) is 5. The highest BCUT2D eigenvalue weighted by Crippen LogP contribution is 2.20. The largest absolute Gasteiger partial charge is 0.347 e. The summed E-state index contributed by atoms with van der Waals surface area (Å²) in [6.45, 7) is 4.57. The van der Waals surface area contributed by atoms with Gasteiger partial charge in [-0.2, -0.15) is 0 Å². The number of thiazole rings is 5. The Morgan fingerprint density at radius 1 is 0.261 bits per heavy atom. The summed E-state index contributed by atoms with van der Waals surface area (Å²) in [5.41, 5.74) is 14.0. The molecule has 0 bridgehead atoms. The minimum Gasteiger partial charge on any atom is -0.347 e. The fourth-order valence-corrected chi connectivity index (χ4v) is 14.2. The molecule has 9 aromatic heterocycles. The Morgan fingerprint density at radius 2 is 0.532 bits per heavy atom. The van der Waals surface area contributed by atoms with Crippen LogP contribution in [-0.4, -0.2) is 84.4 Å². The lowest BCUT2D eigenvalue weighted by Crippen LogP contribution is -2.23. The average Bonchev–Trinajstić information content (AvgIpc) is 1.76. The van der Waals surface area contributed by atoms with Gasteiger partial charge in [0.15, 0.2) is 0 Å². The number of hydrogen-bond donors (Lipinski definition) is 5. The molecule has 0 aliphatic carbocycles. The summed E-state index contributed by atoms with van der Waals surface area (Å²) in [5, 5.41) is 27.9. The van der Waals surface area contributed by atoms with Crippen LogP contribution in [0.3, 0.4) is 0 Å². The maximum atomic E-state index is 12.2. The number of aromatic nitrogens is 11. The van der Waals surface area contributed by atoms with E-state index in [9.17, 15) is 24.0 Å². The number of rotatable bonds is 25. The Balaban J connectivity index is 0.000000137. The third kappa shape index (κ3) is 27.5. The van der Waals surface area contributed by atoms with Crippen molar-refractivity contribution in [2.75, 3.05) is 0 Å². The fraction of sp³-hybridized carbons (Fsp3) is 0.129. The minimum atomic E-state index is -0.158. The molecule has 5 amide bonds. The first-order chi connectivity index (χ1) is 54.4. The van der Waals surface area contributed by atoms with Crippen molar-refractivity contribution in [2.45, 2.75) is 71.8 Å². The zero-order chi connectivity index (χ0) is 76.9. The van der Waals surface area contributed by atoms with Crippen LogP contribution in [0.25, 0.3) is 0 Å². The van der Waals surface area contributed by atoms with Crippen molar-refractivity contribution in [3.05, 3.63) is 404 Å². The number of aryl methyl sites for hydroxylation is 1. The molecule has 5 N–H and O–H groups in total. The van der Waals surface area contributed by atoms with Gasteiger partial charge in [0.05, 0.1) is 36.4 Å². The standard InChI is InChI=1S/C18H16N2OS.C17H16N4OS.2C17H15N3OS.C16H14N4OS/c21-18(19-12-15-9-5-2-6-10-15)16-13-22-17(20-16)11-14-7-3-1-4-8-14;1-12-2-4-13(5-3-12)9-19-17(22)15-10-23-16(21-15)8-14-6-7-18-11-20-14;21-17(19-11-13-6-2-1-3-7-13)15-12-22-16(20-15)10-14-8-4-5-9-18-14;21-17(19-11-14-4-2-1-3-5-14)15-12-22-16(20-15)10-13-6-8-18-9-7-13;21-16(18-9-12-4-2-1-3-5-12)14-10-22-15(20-14)8-13-6-7-17-11-19-13/h1-10,13H,11-12H2,(H,19,21);2-7,10-11H,8-9H2,1H3,(H,19,22);2*1-9,12H,10-11H2,(H,19,21);1-7,10-11H,8-9H2,(H,18,21). The molecule has 0 atom stereocenters. The number of benzene rings is 6. The van der Waals surface area contributed by atoms with Gasteiger partial charge < -0.3 is 26.6 Å². The summed E-state index contributed by atoms with van der Waals surface area (Å²) in [7, 11) is 0. The van der Waals surface area contributed by atoms with E-state index in [4.69, 9.17) is 0 Å². The van der Waals surface area contributed by atoms with Gasteiger partial charge in [-0.25, -0.2) is 44.9 Å². The molecule has 15 rings (SSSR count). The Morgan fingerprint density at radius 3 is 0.829 bits per heavy atom. The van der Waals surface area contributed by atoms with Crippen LogP contribution in [-0.2, 0) is 64.8 Å². The summed E-state index contributed by atoms with van der Waals surface area (Å²) in [6.07, 6.45) is 15.1. The second-order valence-corrected chi connectivity index (χ2v) is 29.1. The Bertz CT molecular complexity index is 4760. The van der Waals surface area contributed by atoms with E-state index >= 15 is 0 Å². The molecule has 0 spiro atoms. The van der Waals surface area contributed by atoms with Gasteiger partial charge in [0.2, 0.25) is 0 Å². The molecule has 0 aliphatic rings. The van der Waals surface area contributed by atoms with Crippen LogP contribution in [0.5, 0.6) is 0 Å². The van der Waals surface area contributed by atoms with E-state index in [1.165, 1.54) is 80.5 Å². The number of carbonyl (C=O) groups excluding carboxylic acids is 5. The minimum absolute atomic E-state index is 0.126. The van der Waals surface area contributed by atoms with Gasteiger partial charge in [0.1, 0.15) is 41.1 Å². The van der Waals surface area contributed by atoms with E-state index in [1.807, 2.05) is 219 Å². The zero-order valence-electron chi connectivity index (χ0n) is 60.3. The first-order valence-corrected chi connectivity index (χ1v) is 39.5. The summed E-state index contributed by atoms with van der Waals surface area (Å²) >= 11 is 7.43.